The van der Waals surface area contributed by atoms with Crippen molar-refractivity contribution in [2.75, 3.05) is 13.1 Å². The first-order chi connectivity index (χ1) is 9.36. The standard InChI is InChI=1S/C12H14FN3O3S/c13-10-8-9(2-1-6-14)3-4-11(10)20(18,19)16-7-5-12(15)17/h3-4,8,16H,5-7,14H2,(H2,15,17). The highest BCUT2D eigenvalue weighted by Crippen LogP contribution is 2.15. The van der Waals surface area contributed by atoms with Crippen LogP contribution in [0.5, 0.6) is 0 Å². The Morgan fingerprint density at radius 2 is 2.10 bits per heavy atom. The zero-order valence-electron chi connectivity index (χ0n) is 10.5. The highest BCUT2D eigenvalue weighted by molar-refractivity contribution is 7.89. The second kappa shape index (κ2) is 7.00. The molecule has 1 aromatic carbocycles. The Bertz CT molecular complexity index is 662. The van der Waals surface area contributed by atoms with Crippen LogP contribution in [0, 0.1) is 17.7 Å². The SMILES string of the molecule is NCC#Cc1ccc(S(=O)(=O)NCCC(N)=O)c(F)c1. The molecule has 1 amide bonds. The molecule has 1 rings (SSSR count). The molecule has 0 radical (unpaired) electrons. The molecule has 6 nitrogen and oxygen atoms in total. The first kappa shape index (κ1) is 16.1. The third-order valence-corrected chi connectivity index (χ3v) is 3.71. The Morgan fingerprint density at radius 3 is 2.65 bits per heavy atom. The maximum atomic E-state index is 13.7. The minimum Gasteiger partial charge on any atom is -0.370 e. The molecular weight excluding hydrogens is 285 g/mol. The molecule has 0 atom stereocenters. The molecule has 0 aromatic heterocycles. The van der Waals surface area contributed by atoms with Crippen LogP contribution in [0.3, 0.4) is 0 Å². The van der Waals surface area contributed by atoms with Crippen molar-refractivity contribution < 1.29 is 17.6 Å². The summed E-state index contributed by atoms with van der Waals surface area (Å²) in [5.41, 5.74) is 10.4. The van der Waals surface area contributed by atoms with Crippen molar-refractivity contribution >= 4 is 15.9 Å². The van der Waals surface area contributed by atoms with Crippen LogP contribution < -0.4 is 16.2 Å². The highest BCUT2D eigenvalue weighted by atomic mass is 32.2. The Morgan fingerprint density at radius 1 is 1.40 bits per heavy atom. The molecule has 0 saturated carbocycles. The van der Waals surface area contributed by atoms with Crippen molar-refractivity contribution in [3.8, 4) is 11.8 Å². The molecule has 0 aliphatic rings. The molecule has 0 aliphatic heterocycles. The quantitative estimate of drug-likeness (QED) is 0.623. The fourth-order valence-electron chi connectivity index (χ4n) is 1.34. The minimum atomic E-state index is -4.03. The van der Waals surface area contributed by atoms with Gasteiger partial charge in [-0.25, -0.2) is 17.5 Å². The summed E-state index contributed by atoms with van der Waals surface area (Å²) in [7, 11) is -4.03. The molecule has 0 heterocycles. The third-order valence-electron chi connectivity index (χ3n) is 2.22. The van der Waals surface area contributed by atoms with E-state index in [9.17, 15) is 17.6 Å². The topological polar surface area (TPSA) is 115 Å². The van der Waals surface area contributed by atoms with E-state index in [1.807, 2.05) is 0 Å². The number of hydrogen-bond donors (Lipinski definition) is 3. The normalized spacial score (nSPS) is 10.7. The van der Waals surface area contributed by atoms with Crippen LogP contribution in [0.4, 0.5) is 4.39 Å². The van der Waals surface area contributed by atoms with Gasteiger partial charge in [-0.15, -0.1) is 0 Å². The van der Waals surface area contributed by atoms with Gasteiger partial charge in [-0.2, -0.15) is 0 Å². The lowest BCUT2D eigenvalue weighted by atomic mass is 10.2. The lowest BCUT2D eigenvalue weighted by Gasteiger charge is -2.07. The molecule has 0 saturated heterocycles. The maximum absolute atomic E-state index is 13.7. The van der Waals surface area contributed by atoms with Gasteiger partial charge in [0.2, 0.25) is 15.9 Å². The number of amides is 1. The van der Waals surface area contributed by atoms with Crippen LogP contribution in [-0.4, -0.2) is 27.4 Å². The number of halogens is 1. The Balaban J connectivity index is 2.93. The van der Waals surface area contributed by atoms with E-state index in [0.717, 1.165) is 12.1 Å². The average molecular weight is 299 g/mol. The lowest BCUT2D eigenvalue weighted by Crippen LogP contribution is -2.28. The summed E-state index contributed by atoms with van der Waals surface area (Å²) >= 11 is 0. The van der Waals surface area contributed by atoms with E-state index in [-0.39, 0.29) is 19.5 Å². The minimum absolute atomic E-state index is 0.121. The molecule has 20 heavy (non-hydrogen) atoms. The van der Waals surface area contributed by atoms with Crippen LogP contribution in [0.25, 0.3) is 0 Å². The van der Waals surface area contributed by atoms with Gasteiger partial charge < -0.3 is 11.5 Å². The second-order valence-electron chi connectivity index (χ2n) is 3.77. The average Bonchev–Trinajstić information content (AvgIpc) is 2.35. The highest BCUT2D eigenvalue weighted by Gasteiger charge is 2.18. The van der Waals surface area contributed by atoms with Gasteiger partial charge >= 0.3 is 0 Å². The van der Waals surface area contributed by atoms with Gasteiger partial charge in [-0.1, -0.05) is 11.8 Å². The monoisotopic (exact) mass is 299 g/mol. The predicted octanol–water partition coefficient (Wildman–Crippen LogP) is -0.710. The number of carbonyl (C=O) groups is 1. The summed E-state index contributed by atoms with van der Waals surface area (Å²) in [5, 5.41) is 0. The Labute approximate surface area is 116 Å². The van der Waals surface area contributed by atoms with Crippen LogP contribution in [0.15, 0.2) is 23.1 Å². The number of rotatable bonds is 5. The van der Waals surface area contributed by atoms with E-state index < -0.39 is 26.6 Å². The van der Waals surface area contributed by atoms with E-state index in [0.29, 0.717) is 5.56 Å². The van der Waals surface area contributed by atoms with E-state index >= 15 is 0 Å². The van der Waals surface area contributed by atoms with Gasteiger partial charge in [0.05, 0.1) is 6.54 Å². The van der Waals surface area contributed by atoms with E-state index in [1.165, 1.54) is 6.07 Å². The zero-order valence-corrected chi connectivity index (χ0v) is 11.3. The fourth-order valence-corrected chi connectivity index (χ4v) is 2.43. The van der Waals surface area contributed by atoms with Crippen molar-refractivity contribution in [3.05, 3.63) is 29.6 Å². The van der Waals surface area contributed by atoms with Crippen LogP contribution in [0.2, 0.25) is 0 Å². The molecule has 0 aliphatic carbocycles. The van der Waals surface area contributed by atoms with Crippen molar-refractivity contribution in [2.24, 2.45) is 11.5 Å². The molecule has 0 unspecified atom stereocenters. The van der Waals surface area contributed by atoms with Gasteiger partial charge in [0, 0.05) is 18.5 Å². The predicted molar refractivity (Wildman–Crippen MR) is 71.3 cm³/mol. The number of carbonyl (C=O) groups excluding carboxylic acids is 1. The van der Waals surface area contributed by atoms with Gasteiger partial charge in [0.15, 0.2) is 0 Å². The molecule has 5 N–H and O–H groups in total. The molecule has 8 heteroatoms. The molecule has 108 valence electrons. The van der Waals surface area contributed by atoms with E-state index in [2.05, 4.69) is 16.6 Å². The molecule has 0 bridgehead atoms. The fraction of sp³-hybridized carbons (Fsp3) is 0.250. The number of nitrogens with two attached hydrogens (primary N) is 2. The maximum Gasteiger partial charge on any atom is 0.243 e. The van der Waals surface area contributed by atoms with Crippen molar-refractivity contribution in [1.29, 1.82) is 0 Å². The van der Waals surface area contributed by atoms with Crippen molar-refractivity contribution in [3.63, 3.8) is 0 Å². The van der Waals surface area contributed by atoms with Gasteiger partial charge in [0.1, 0.15) is 10.7 Å². The summed E-state index contributed by atoms with van der Waals surface area (Å²) in [6, 6.07) is 3.47. The van der Waals surface area contributed by atoms with Gasteiger partial charge in [-0.05, 0) is 18.2 Å². The Kier molecular flexibility index (Phi) is 5.64. The third kappa shape index (κ3) is 4.62. The second-order valence-corrected chi connectivity index (χ2v) is 5.50. The summed E-state index contributed by atoms with van der Waals surface area (Å²) in [5.74, 6) is 3.54. The molecular formula is C12H14FN3O3S. The zero-order chi connectivity index (χ0) is 15.2. The van der Waals surface area contributed by atoms with E-state index in [1.54, 1.807) is 0 Å². The largest absolute Gasteiger partial charge is 0.370 e. The van der Waals surface area contributed by atoms with E-state index in [4.69, 9.17) is 11.5 Å². The van der Waals surface area contributed by atoms with Crippen LogP contribution in [0.1, 0.15) is 12.0 Å². The summed E-state index contributed by atoms with van der Waals surface area (Å²) < 4.78 is 39.4. The molecule has 0 spiro atoms. The van der Waals surface area contributed by atoms with Crippen molar-refractivity contribution in [1.82, 2.24) is 4.72 Å². The number of sulfonamides is 1. The summed E-state index contributed by atoms with van der Waals surface area (Å²) in [6.07, 6.45) is -0.166. The Hall–Kier alpha value is -1.95. The first-order valence-corrected chi connectivity index (χ1v) is 7.11. The summed E-state index contributed by atoms with van der Waals surface area (Å²) in [6.45, 7) is -0.0673. The number of benzene rings is 1. The van der Waals surface area contributed by atoms with Gasteiger partial charge in [0.25, 0.3) is 0 Å². The van der Waals surface area contributed by atoms with Crippen LogP contribution in [-0.2, 0) is 14.8 Å². The number of nitrogens with one attached hydrogen (secondary N) is 1. The lowest BCUT2D eigenvalue weighted by molar-refractivity contribution is -0.117. The number of primary amides is 1. The summed E-state index contributed by atoms with van der Waals surface area (Å²) in [4.78, 5) is 10.0. The molecule has 1 aromatic rings. The smallest absolute Gasteiger partial charge is 0.243 e. The molecule has 0 fully saturated rings. The van der Waals surface area contributed by atoms with Crippen LogP contribution >= 0.6 is 0 Å². The van der Waals surface area contributed by atoms with Gasteiger partial charge in [-0.3, -0.25) is 4.79 Å². The van der Waals surface area contributed by atoms with Crippen molar-refractivity contribution in [2.45, 2.75) is 11.3 Å². The number of hydrogen-bond acceptors (Lipinski definition) is 4. The first-order valence-electron chi connectivity index (χ1n) is 5.63.